The van der Waals surface area contributed by atoms with E-state index >= 15 is 0 Å². The Morgan fingerprint density at radius 2 is 2.18 bits per heavy atom. The van der Waals surface area contributed by atoms with Crippen molar-refractivity contribution >= 4 is 5.97 Å². The molecule has 2 N–H and O–H groups in total. The Labute approximate surface area is 101 Å². The van der Waals surface area contributed by atoms with Crippen LogP contribution in [-0.2, 0) is 11.2 Å². The summed E-state index contributed by atoms with van der Waals surface area (Å²) < 4.78 is 0. The van der Waals surface area contributed by atoms with E-state index in [0.29, 0.717) is 6.42 Å². The van der Waals surface area contributed by atoms with Crippen LogP contribution >= 0.6 is 0 Å². The summed E-state index contributed by atoms with van der Waals surface area (Å²) in [6.07, 6.45) is 4.61. The van der Waals surface area contributed by atoms with E-state index in [4.69, 9.17) is 0 Å². The molecule has 1 aliphatic rings. The average Bonchev–Trinajstić information content (AvgIpc) is 2.38. The molecule has 0 aliphatic carbocycles. The van der Waals surface area contributed by atoms with Crippen molar-refractivity contribution in [1.29, 1.82) is 0 Å². The van der Waals surface area contributed by atoms with Crippen molar-refractivity contribution in [2.45, 2.75) is 25.7 Å². The van der Waals surface area contributed by atoms with E-state index in [1.807, 2.05) is 18.2 Å². The van der Waals surface area contributed by atoms with Crippen molar-refractivity contribution in [3.05, 3.63) is 30.1 Å². The number of carboxylic acids is 1. The van der Waals surface area contributed by atoms with Gasteiger partial charge in [-0.05, 0) is 50.9 Å². The Morgan fingerprint density at radius 3 is 2.76 bits per heavy atom. The Kier molecular flexibility index (Phi) is 3.74. The number of carboxylic acid groups (broad SMARTS) is 1. The number of rotatable bonds is 4. The van der Waals surface area contributed by atoms with Crippen LogP contribution in [0.5, 0.6) is 0 Å². The molecule has 0 radical (unpaired) electrons. The number of pyridine rings is 1. The topological polar surface area (TPSA) is 62.2 Å². The molecule has 17 heavy (non-hydrogen) atoms. The lowest BCUT2D eigenvalue weighted by atomic mass is 9.75. The number of aliphatic carboxylic acids is 1. The minimum absolute atomic E-state index is 0.553. The molecule has 0 aromatic carbocycles. The van der Waals surface area contributed by atoms with Gasteiger partial charge in [0.15, 0.2) is 0 Å². The second-order valence-electron chi connectivity index (χ2n) is 4.66. The second kappa shape index (κ2) is 5.27. The molecule has 0 spiro atoms. The second-order valence-corrected chi connectivity index (χ2v) is 4.66. The first-order chi connectivity index (χ1) is 8.23. The normalized spacial score (nSPS) is 18.8. The summed E-state index contributed by atoms with van der Waals surface area (Å²) in [5, 5.41) is 12.6. The van der Waals surface area contributed by atoms with E-state index in [2.05, 4.69) is 10.3 Å². The SMILES string of the molecule is O=C(O)C1(CCc2ccccn2)CCNCC1. The first-order valence-electron chi connectivity index (χ1n) is 6.07. The molecule has 1 aromatic heterocycles. The van der Waals surface area contributed by atoms with E-state index in [9.17, 15) is 9.90 Å². The summed E-state index contributed by atoms with van der Waals surface area (Å²) in [5.74, 6) is -0.657. The van der Waals surface area contributed by atoms with Crippen molar-refractivity contribution in [2.75, 3.05) is 13.1 Å². The highest BCUT2D eigenvalue weighted by Gasteiger charge is 2.39. The van der Waals surface area contributed by atoms with E-state index in [1.54, 1.807) is 6.20 Å². The number of nitrogens with one attached hydrogen (secondary N) is 1. The fourth-order valence-electron chi connectivity index (χ4n) is 2.39. The van der Waals surface area contributed by atoms with E-state index < -0.39 is 11.4 Å². The van der Waals surface area contributed by atoms with Crippen LogP contribution in [0.15, 0.2) is 24.4 Å². The number of nitrogens with zero attached hydrogens (tertiary/aromatic N) is 1. The lowest BCUT2D eigenvalue weighted by Gasteiger charge is -2.33. The zero-order valence-electron chi connectivity index (χ0n) is 9.85. The number of aromatic nitrogens is 1. The van der Waals surface area contributed by atoms with Crippen LogP contribution in [0.4, 0.5) is 0 Å². The van der Waals surface area contributed by atoms with Crippen molar-refractivity contribution < 1.29 is 9.90 Å². The molecule has 1 saturated heterocycles. The van der Waals surface area contributed by atoms with Crippen LogP contribution < -0.4 is 5.32 Å². The lowest BCUT2D eigenvalue weighted by molar-refractivity contribution is -0.151. The summed E-state index contributed by atoms with van der Waals surface area (Å²) in [5.41, 5.74) is 0.426. The molecule has 1 aromatic rings. The third kappa shape index (κ3) is 2.82. The van der Waals surface area contributed by atoms with Gasteiger partial charge in [-0.25, -0.2) is 0 Å². The smallest absolute Gasteiger partial charge is 0.309 e. The summed E-state index contributed by atoms with van der Waals surface area (Å²) in [6, 6.07) is 5.77. The maximum absolute atomic E-state index is 11.4. The molecule has 0 atom stereocenters. The molecule has 2 rings (SSSR count). The average molecular weight is 234 g/mol. The van der Waals surface area contributed by atoms with Gasteiger partial charge < -0.3 is 10.4 Å². The molecule has 2 heterocycles. The number of piperidine rings is 1. The Balaban J connectivity index is 2.01. The van der Waals surface area contributed by atoms with Gasteiger partial charge in [0.05, 0.1) is 5.41 Å². The molecular formula is C13H18N2O2. The van der Waals surface area contributed by atoms with Gasteiger partial charge in [-0.15, -0.1) is 0 Å². The number of hydrogen-bond acceptors (Lipinski definition) is 3. The molecule has 1 aliphatic heterocycles. The zero-order chi connectivity index (χ0) is 12.1. The maximum atomic E-state index is 11.4. The van der Waals surface area contributed by atoms with Crippen molar-refractivity contribution in [3.63, 3.8) is 0 Å². The predicted octanol–water partition coefficient (Wildman–Crippen LogP) is 1.47. The van der Waals surface area contributed by atoms with Crippen LogP contribution in [0, 0.1) is 5.41 Å². The highest BCUT2D eigenvalue weighted by molar-refractivity contribution is 5.74. The standard InChI is InChI=1S/C13H18N2O2/c16-12(17)13(6-9-14-10-7-13)5-4-11-3-1-2-8-15-11/h1-3,8,14H,4-7,9-10H2,(H,16,17). The highest BCUT2D eigenvalue weighted by Crippen LogP contribution is 2.34. The van der Waals surface area contributed by atoms with Crippen molar-refractivity contribution in [1.82, 2.24) is 10.3 Å². The van der Waals surface area contributed by atoms with E-state index in [0.717, 1.165) is 38.0 Å². The van der Waals surface area contributed by atoms with E-state index in [-0.39, 0.29) is 0 Å². The van der Waals surface area contributed by atoms with Gasteiger partial charge >= 0.3 is 5.97 Å². The Hall–Kier alpha value is -1.42. The number of hydrogen-bond donors (Lipinski definition) is 2. The van der Waals surface area contributed by atoms with Crippen LogP contribution in [0.25, 0.3) is 0 Å². The summed E-state index contributed by atoms with van der Waals surface area (Å²) in [4.78, 5) is 15.7. The Morgan fingerprint density at radius 1 is 1.41 bits per heavy atom. The lowest BCUT2D eigenvalue weighted by Crippen LogP contribution is -2.42. The van der Waals surface area contributed by atoms with Crippen LogP contribution in [-0.4, -0.2) is 29.1 Å². The molecule has 0 bridgehead atoms. The molecule has 0 amide bonds. The van der Waals surface area contributed by atoms with Gasteiger partial charge in [0.2, 0.25) is 0 Å². The minimum Gasteiger partial charge on any atom is -0.481 e. The van der Waals surface area contributed by atoms with Gasteiger partial charge in [-0.1, -0.05) is 6.07 Å². The van der Waals surface area contributed by atoms with Crippen LogP contribution in [0.3, 0.4) is 0 Å². The maximum Gasteiger partial charge on any atom is 0.309 e. The molecule has 1 fully saturated rings. The molecule has 0 saturated carbocycles. The van der Waals surface area contributed by atoms with Gasteiger partial charge in [-0.2, -0.15) is 0 Å². The van der Waals surface area contributed by atoms with Crippen LogP contribution in [0.2, 0.25) is 0 Å². The summed E-state index contributed by atoms with van der Waals surface area (Å²) in [7, 11) is 0. The van der Waals surface area contributed by atoms with Gasteiger partial charge in [0, 0.05) is 11.9 Å². The molecule has 92 valence electrons. The molecule has 4 heteroatoms. The third-order valence-electron chi connectivity index (χ3n) is 3.60. The minimum atomic E-state index is -0.657. The zero-order valence-corrected chi connectivity index (χ0v) is 9.85. The van der Waals surface area contributed by atoms with Gasteiger partial charge in [-0.3, -0.25) is 9.78 Å². The van der Waals surface area contributed by atoms with Gasteiger partial charge in [0.25, 0.3) is 0 Å². The predicted molar refractivity (Wildman–Crippen MR) is 64.7 cm³/mol. The first kappa shape index (κ1) is 12.0. The largest absolute Gasteiger partial charge is 0.481 e. The van der Waals surface area contributed by atoms with Crippen LogP contribution in [0.1, 0.15) is 25.0 Å². The fourth-order valence-corrected chi connectivity index (χ4v) is 2.39. The first-order valence-corrected chi connectivity index (χ1v) is 6.07. The van der Waals surface area contributed by atoms with Crippen molar-refractivity contribution in [2.24, 2.45) is 5.41 Å². The summed E-state index contributed by atoms with van der Waals surface area (Å²) >= 11 is 0. The monoisotopic (exact) mass is 234 g/mol. The molecular weight excluding hydrogens is 216 g/mol. The van der Waals surface area contributed by atoms with E-state index in [1.165, 1.54) is 0 Å². The highest BCUT2D eigenvalue weighted by atomic mass is 16.4. The quantitative estimate of drug-likeness (QED) is 0.828. The van der Waals surface area contributed by atoms with Gasteiger partial charge in [0.1, 0.15) is 0 Å². The fraction of sp³-hybridized carbons (Fsp3) is 0.538. The molecule has 0 unspecified atom stereocenters. The van der Waals surface area contributed by atoms with Crippen molar-refractivity contribution in [3.8, 4) is 0 Å². The number of carbonyl (C=O) groups is 1. The third-order valence-corrected chi connectivity index (χ3v) is 3.60. The molecule has 4 nitrogen and oxygen atoms in total. The Bertz CT molecular complexity index is 372. The number of aryl methyl sites for hydroxylation is 1. The summed E-state index contributed by atoms with van der Waals surface area (Å²) in [6.45, 7) is 1.60.